The Kier molecular flexibility index (Phi) is 7.88. The first-order chi connectivity index (χ1) is 13.1. The number of nitrogens with zero attached hydrogens (tertiary/aromatic N) is 3. The van der Waals surface area contributed by atoms with E-state index in [2.05, 4.69) is 27.7 Å². The molecule has 2 heterocycles. The van der Waals surface area contributed by atoms with Crippen LogP contribution in [0.2, 0.25) is 0 Å². The molecule has 1 aromatic carbocycles. The van der Waals surface area contributed by atoms with E-state index in [9.17, 15) is 9.50 Å². The second-order valence-corrected chi connectivity index (χ2v) is 7.80. The zero-order valence-electron chi connectivity index (χ0n) is 16.5. The number of hydrogen-bond acceptors (Lipinski definition) is 5. The summed E-state index contributed by atoms with van der Waals surface area (Å²) >= 11 is 0. The Labute approximate surface area is 162 Å². The van der Waals surface area contributed by atoms with Crippen molar-refractivity contribution in [1.82, 2.24) is 14.7 Å². The lowest BCUT2D eigenvalue weighted by Crippen LogP contribution is -2.49. The molecule has 0 bridgehead atoms. The highest BCUT2D eigenvalue weighted by molar-refractivity contribution is 5.28. The standard InChI is InChI=1S/C21H34FN3O2/c1-2-23-10-12-25(13-11-23)16-20(26)17-27-21-5-3-4-18(14-21)15-24-8-6-19(22)7-9-24/h3-5,14,19-20,26H,2,6-13,15-17H2,1H3/t20-/m1/s1. The van der Waals surface area contributed by atoms with Gasteiger partial charge in [0.05, 0.1) is 0 Å². The molecular weight excluding hydrogens is 345 g/mol. The number of halogens is 1. The van der Waals surface area contributed by atoms with Gasteiger partial charge >= 0.3 is 0 Å². The van der Waals surface area contributed by atoms with Crippen molar-refractivity contribution >= 4 is 0 Å². The number of hydrogen-bond donors (Lipinski definition) is 1. The largest absolute Gasteiger partial charge is 0.491 e. The van der Waals surface area contributed by atoms with Crippen LogP contribution in [0.5, 0.6) is 5.75 Å². The maximum Gasteiger partial charge on any atom is 0.119 e. The van der Waals surface area contributed by atoms with Crippen LogP contribution < -0.4 is 4.74 Å². The Balaban J connectivity index is 1.40. The maximum absolute atomic E-state index is 13.3. The summed E-state index contributed by atoms with van der Waals surface area (Å²) in [5.41, 5.74) is 1.18. The quantitative estimate of drug-likeness (QED) is 0.748. The molecule has 0 radical (unpaired) electrons. The normalized spacial score (nSPS) is 22.0. The molecule has 0 aromatic heterocycles. The summed E-state index contributed by atoms with van der Waals surface area (Å²) in [7, 11) is 0. The first-order valence-corrected chi connectivity index (χ1v) is 10.3. The summed E-state index contributed by atoms with van der Waals surface area (Å²) in [5.74, 6) is 0.794. The van der Waals surface area contributed by atoms with Crippen molar-refractivity contribution in [2.75, 3.05) is 59.0 Å². The van der Waals surface area contributed by atoms with Crippen molar-refractivity contribution < 1.29 is 14.2 Å². The molecule has 0 spiro atoms. The van der Waals surface area contributed by atoms with Crippen LogP contribution in [-0.2, 0) is 6.54 Å². The van der Waals surface area contributed by atoms with Gasteiger partial charge in [-0.05, 0) is 37.1 Å². The van der Waals surface area contributed by atoms with Crippen LogP contribution in [0.25, 0.3) is 0 Å². The molecule has 1 N–H and O–H groups in total. The monoisotopic (exact) mass is 379 g/mol. The minimum absolute atomic E-state index is 0.310. The highest BCUT2D eigenvalue weighted by atomic mass is 19.1. The lowest BCUT2D eigenvalue weighted by molar-refractivity contribution is 0.0470. The summed E-state index contributed by atoms with van der Waals surface area (Å²) in [5, 5.41) is 10.3. The van der Waals surface area contributed by atoms with Crippen molar-refractivity contribution in [3.8, 4) is 5.75 Å². The van der Waals surface area contributed by atoms with E-state index in [-0.39, 0.29) is 0 Å². The molecule has 152 valence electrons. The van der Waals surface area contributed by atoms with Gasteiger partial charge in [0.2, 0.25) is 0 Å². The van der Waals surface area contributed by atoms with Crippen molar-refractivity contribution in [1.29, 1.82) is 0 Å². The number of rotatable bonds is 8. The first kappa shape index (κ1) is 20.5. The van der Waals surface area contributed by atoms with Crippen LogP contribution in [0.15, 0.2) is 24.3 Å². The van der Waals surface area contributed by atoms with Crippen molar-refractivity contribution in [3.05, 3.63) is 29.8 Å². The van der Waals surface area contributed by atoms with Crippen molar-refractivity contribution in [2.45, 2.75) is 38.6 Å². The van der Waals surface area contributed by atoms with Gasteiger partial charge in [0.15, 0.2) is 0 Å². The third-order valence-corrected chi connectivity index (χ3v) is 5.65. The SMILES string of the molecule is CCN1CCN(C[C@@H](O)COc2cccc(CN3CCC(F)CC3)c2)CC1. The smallest absolute Gasteiger partial charge is 0.119 e. The Morgan fingerprint density at radius 1 is 1.07 bits per heavy atom. The summed E-state index contributed by atoms with van der Waals surface area (Å²) in [6.07, 6.45) is 0.150. The second-order valence-electron chi connectivity index (χ2n) is 7.80. The topological polar surface area (TPSA) is 39.2 Å². The van der Waals surface area contributed by atoms with Crippen LogP contribution in [0.1, 0.15) is 25.3 Å². The van der Waals surface area contributed by atoms with Crippen molar-refractivity contribution in [2.24, 2.45) is 0 Å². The van der Waals surface area contributed by atoms with Gasteiger partial charge in [0.1, 0.15) is 24.6 Å². The van der Waals surface area contributed by atoms with Gasteiger partial charge < -0.3 is 14.7 Å². The highest BCUT2D eigenvalue weighted by Crippen LogP contribution is 2.19. The number of aliphatic hydroxyl groups is 1. The van der Waals surface area contributed by atoms with Crippen LogP contribution in [0, 0.1) is 0 Å². The summed E-state index contributed by atoms with van der Waals surface area (Å²) in [6, 6.07) is 8.04. The van der Waals surface area contributed by atoms with E-state index in [0.29, 0.717) is 26.0 Å². The van der Waals surface area contributed by atoms with Gasteiger partial charge in [-0.3, -0.25) is 9.80 Å². The van der Waals surface area contributed by atoms with Crippen molar-refractivity contribution in [3.63, 3.8) is 0 Å². The lowest BCUT2D eigenvalue weighted by Gasteiger charge is -2.34. The average Bonchev–Trinajstić information content (AvgIpc) is 2.69. The molecule has 0 saturated carbocycles. The van der Waals surface area contributed by atoms with E-state index in [0.717, 1.165) is 58.1 Å². The number of aliphatic hydroxyl groups excluding tert-OH is 1. The van der Waals surface area contributed by atoms with Gasteiger partial charge in [-0.2, -0.15) is 0 Å². The van der Waals surface area contributed by atoms with Gasteiger partial charge in [-0.25, -0.2) is 4.39 Å². The second kappa shape index (κ2) is 10.4. The number of likely N-dealkylation sites (tertiary alicyclic amines) is 1. The molecule has 0 amide bonds. The molecular formula is C21H34FN3O2. The molecule has 2 aliphatic heterocycles. The molecule has 2 fully saturated rings. The summed E-state index contributed by atoms with van der Waals surface area (Å²) in [4.78, 5) is 7.03. The predicted molar refractivity (Wildman–Crippen MR) is 106 cm³/mol. The molecule has 0 unspecified atom stereocenters. The number of benzene rings is 1. The van der Waals surface area contributed by atoms with E-state index in [1.807, 2.05) is 18.2 Å². The van der Waals surface area contributed by atoms with Gasteiger partial charge in [0, 0.05) is 52.4 Å². The number of piperazine rings is 1. The number of likely N-dealkylation sites (N-methyl/N-ethyl adjacent to an activating group) is 1. The molecule has 2 saturated heterocycles. The van der Waals surface area contributed by atoms with Crippen LogP contribution in [0.3, 0.4) is 0 Å². The van der Waals surface area contributed by atoms with E-state index in [1.54, 1.807) is 0 Å². The van der Waals surface area contributed by atoms with E-state index in [4.69, 9.17) is 4.74 Å². The Hall–Kier alpha value is -1.21. The molecule has 1 atom stereocenters. The zero-order valence-corrected chi connectivity index (χ0v) is 16.5. The lowest BCUT2D eigenvalue weighted by atomic mass is 10.1. The Morgan fingerprint density at radius 2 is 1.78 bits per heavy atom. The molecule has 3 rings (SSSR count). The van der Waals surface area contributed by atoms with Gasteiger partial charge in [0.25, 0.3) is 0 Å². The van der Waals surface area contributed by atoms with Crippen LogP contribution >= 0.6 is 0 Å². The zero-order chi connectivity index (χ0) is 19.1. The molecule has 2 aliphatic rings. The summed E-state index contributed by atoms with van der Waals surface area (Å²) in [6.45, 7) is 10.9. The molecule has 27 heavy (non-hydrogen) atoms. The first-order valence-electron chi connectivity index (χ1n) is 10.3. The number of ether oxygens (including phenoxy) is 1. The molecule has 0 aliphatic carbocycles. The molecule has 1 aromatic rings. The maximum atomic E-state index is 13.3. The van der Waals surface area contributed by atoms with E-state index < -0.39 is 12.3 Å². The fraction of sp³-hybridized carbons (Fsp3) is 0.714. The predicted octanol–water partition coefficient (Wildman–Crippen LogP) is 2.00. The third kappa shape index (κ3) is 6.71. The van der Waals surface area contributed by atoms with Gasteiger partial charge in [-0.15, -0.1) is 0 Å². The van der Waals surface area contributed by atoms with E-state index >= 15 is 0 Å². The Bertz CT molecular complexity index is 558. The average molecular weight is 380 g/mol. The molecule has 6 heteroatoms. The van der Waals surface area contributed by atoms with Crippen LogP contribution in [-0.4, -0.2) is 91.0 Å². The number of alkyl halides is 1. The highest BCUT2D eigenvalue weighted by Gasteiger charge is 2.19. The fourth-order valence-corrected chi connectivity index (χ4v) is 3.88. The Morgan fingerprint density at radius 3 is 2.48 bits per heavy atom. The van der Waals surface area contributed by atoms with Crippen LogP contribution in [0.4, 0.5) is 4.39 Å². The van der Waals surface area contributed by atoms with Gasteiger partial charge in [-0.1, -0.05) is 19.1 Å². The van der Waals surface area contributed by atoms with E-state index in [1.165, 1.54) is 5.56 Å². The number of piperidine rings is 1. The molecule has 5 nitrogen and oxygen atoms in total. The fourth-order valence-electron chi connectivity index (χ4n) is 3.88. The third-order valence-electron chi connectivity index (χ3n) is 5.65. The number of β-amino-alcohol motifs (C(OH)–C–C–N with tert-alkyl or cyclic N) is 1. The minimum Gasteiger partial charge on any atom is -0.491 e. The minimum atomic E-state index is -0.637. The summed E-state index contributed by atoms with van der Waals surface area (Å²) < 4.78 is 19.1.